The summed E-state index contributed by atoms with van der Waals surface area (Å²) in [5.41, 5.74) is 0.530. The second-order valence-electron chi connectivity index (χ2n) is 4.96. The zero-order valence-corrected chi connectivity index (χ0v) is 12.6. The molecular formula is C15H19FN4O2. The van der Waals surface area contributed by atoms with Crippen LogP contribution in [0.1, 0.15) is 31.7 Å². The lowest BCUT2D eigenvalue weighted by Crippen LogP contribution is -2.27. The second kappa shape index (κ2) is 7.65. The Labute approximate surface area is 128 Å². The van der Waals surface area contributed by atoms with Crippen LogP contribution < -0.4 is 10.6 Å². The van der Waals surface area contributed by atoms with Crippen molar-refractivity contribution in [2.45, 2.75) is 25.8 Å². The molecule has 1 aromatic carbocycles. The number of hydrogen-bond acceptors (Lipinski definition) is 5. The molecule has 2 N–H and O–H groups in total. The lowest BCUT2D eigenvalue weighted by molar-refractivity contribution is -0.122. The predicted molar refractivity (Wildman–Crippen MR) is 79.4 cm³/mol. The fourth-order valence-corrected chi connectivity index (χ4v) is 1.96. The van der Waals surface area contributed by atoms with Gasteiger partial charge in [-0.3, -0.25) is 4.79 Å². The highest BCUT2D eigenvalue weighted by molar-refractivity contribution is 5.76. The molecule has 0 aliphatic heterocycles. The molecule has 118 valence electrons. The number of halogens is 1. The van der Waals surface area contributed by atoms with E-state index < -0.39 is 6.04 Å². The predicted octanol–water partition coefficient (Wildman–Crippen LogP) is 2.05. The Bertz CT molecular complexity index is 630. The summed E-state index contributed by atoms with van der Waals surface area (Å²) in [5.74, 6) is 0.148. The SMILES string of the molecule is CNCCCC(=O)NC(C)c1nc(-c2cccc(F)c2)no1. The maximum atomic E-state index is 13.2. The minimum atomic E-state index is -0.392. The summed E-state index contributed by atoms with van der Waals surface area (Å²) < 4.78 is 18.3. The standard InChI is InChI=1S/C15H19FN4O2/c1-10(18-13(21)7-4-8-17-2)15-19-14(20-22-15)11-5-3-6-12(16)9-11/h3,5-6,9-10,17H,4,7-8H2,1-2H3,(H,18,21). The number of nitrogens with one attached hydrogen (secondary N) is 2. The van der Waals surface area contributed by atoms with Gasteiger partial charge < -0.3 is 15.2 Å². The summed E-state index contributed by atoms with van der Waals surface area (Å²) in [6.45, 7) is 2.55. The molecule has 0 radical (unpaired) electrons. The van der Waals surface area contributed by atoms with Crippen LogP contribution in [0.4, 0.5) is 4.39 Å². The number of hydrogen-bond donors (Lipinski definition) is 2. The van der Waals surface area contributed by atoms with Gasteiger partial charge in [0.2, 0.25) is 17.6 Å². The Balaban J connectivity index is 1.97. The fourth-order valence-electron chi connectivity index (χ4n) is 1.96. The molecule has 2 aromatic rings. The van der Waals surface area contributed by atoms with Crippen molar-refractivity contribution in [2.75, 3.05) is 13.6 Å². The van der Waals surface area contributed by atoms with Gasteiger partial charge in [-0.25, -0.2) is 4.39 Å². The highest BCUT2D eigenvalue weighted by Crippen LogP contribution is 2.19. The molecule has 1 amide bonds. The summed E-state index contributed by atoms with van der Waals surface area (Å²) in [6, 6.07) is 5.55. The minimum Gasteiger partial charge on any atom is -0.345 e. The number of nitrogens with zero attached hydrogens (tertiary/aromatic N) is 2. The molecular weight excluding hydrogens is 287 g/mol. The smallest absolute Gasteiger partial charge is 0.249 e. The monoisotopic (exact) mass is 306 g/mol. The van der Waals surface area contributed by atoms with E-state index in [0.717, 1.165) is 13.0 Å². The quantitative estimate of drug-likeness (QED) is 0.765. The normalized spacial score (nSPS) is 12.1. The van der Waals surface area contributed by atoms with Crippen molar-refractivity contribution in [3.63, 3.8) is 0 Å². The van der Waals surface area contributed by atoms with Crippen LogP contribution in [0.25, 0.3) is 11.4 Å². The highest BCUT2D eigenvalue weighted by Gasteiger charge is 2.17. The van der Waals surface area contributed by atoms with Gasteiger partial charge in [0, 0.05) is 12.0 Å². The van der Waals surface area contributed by atoms with Crippen LogP contribution in [0, 0.1) is 5.82 Å². The lowest BCUT2D eigenvalue weighted by atomic mass is 10.2. The molecule has 0 saturated heterocycles. The van der Waals surface area contributed by atoms with Gasteiger partial charge in [-0.15, -0.1) is 0 Å². The van der Waals surface area contributed by atoms with E-state index >= 15 is 0 Å². The van der Waals surface area contributed by atoms with E-state index in [1.165, 1.54) is 12.1 Å². The van der Waals surface area contributed by atoms with Crippen LogP contribution in [-0.4, -0.2) is 29.6 Å². The molecule has 7 heteroatoms. The van der Waals surface area contributed by atoms with Crippen molar-refractivity contribution in [2.24, 2.45) is 0 Å². The van der Waals surface area contributed by atoms with E-state index in [1.54, 1.807) is 19.1 Å². The molecule has 1 unspecified atom stereocenters. The van der Waals surface area contributed by atoms with Gasteiger partial charge in [-0.05, 0) is 39.1 Å². The second-order valence-corrected chi connectivity index (χ2v) is 4.96. The van der Waals surface area contributed by atoms with Crippen molar-refractivity contribution >= 4 is 5.91 Å². The third kappa shape index (κ3) is 4.36. The van der Waals surface area contributed by atoms with Gasteiger partial charge in [0.1, 0.15) is 11.9 Å². The third-order valence-corrected chi connectivity index (χ3v) is 3.10. The van der Waals surface area contributed by atoms with Crippen LogP contribution in [0.2, 0.25) is 0 Å². The van der Waals surface area contributed by atoms with Crippen LogP contribution in [0.5, 0.6) is 0 Å². The maximum Gasteiger partial charge on any atom is 0.249 e. The van der Waals surface area contributed by atoms with E-state index in [2.05, 4.69) is 20.8 Å². The number of amides is 1. The average Bonchev–Trinajstić information content (AvgIpc) is 2.97. The fraction of sp³-hybridized carbons (Fsp3) is 0.400. The van der Waals surface area contributed by atoms with Crippen molar-refractivity contribution in [3.8, 4) is 11.4 Å². The first-order valence-corrected chi connectivity index (χ1v) is 7.13. The first-order chi connectivity index (χ1) is 10.6. The molecule has 22 heavy (non-hydrogen) atoms. The van der Waals surface area contributed by atoms with E-state index in [-0.39, 0.29) is 11.7 Å². The first kappa shape index (κ1) is 16.1. The summed E-state index contributed by atoms with van der Waals surface area (Å²) >= 11 is 0. The largest absolute Gasteiger partial charge is 0.345 e. The molecule has 1 atom stereocenters. The van der Waals surface area contributed by atoms with Gasteiger partial charge in [0.25, 0.3) is 0 Å². The maximum absolute atomic E-state index is 13.2. The van der Waals surface area contributed by atoms with Crippen LogP contribution in [0.3, 0.4) is 0 Å². The van der Waals surface area contributed by atoms with E-state index in [0.29, 0.717) is 23.7 Å². The number of rotatable bonds is 7. The number of carbonyl (C=O) groups is 1. The van der Waals surface area contributed by atoms with Gasteiger partial charge in [0.15, 0.2) is 0 Å². The van der Waals surface area contributed by atoms with E-state index in [9.17, 15) is 9.18 Å². The molecule has 2 rings (SSSR count). The topological polar surface area (TPSA) is 80.0 Å². The molecule has 1 heterocycles. The Hall–Kier alpha value is -2.28. The molecule has 0 aliphatic rings. The Morgan fingerprint density at radius 2 is 2.27 bits per heavy atom. The molecule has 6 nitrogen and oxygen atoms in total. The van der Waals surface area contributed by atoms with Crippen molar-refractivity contribution in [1.82, 2.24) is 20.8 Å². The summed E-state index contributed by atoms with van der Waals surface area (Å²) in [5, 5.41) is 9.59. The zero-order valence-electron chi connectivity index (χ0n) is 12.6. The molecule has 0 bridgehead atoms. The summed E-state index contributed by atoms with van der Waals surface area (Å²) in [7, 11) is 1.84. The van der Waals surface area contributed by atoms with E-state index in [1.807, 2.05) is 7.05 Å². The molecule has 0 aliphatic carbocycles. The third-order valence-electron chi connectivity index (χ3n) is 3.10. The summed E-state index contributed by atoms with van der Waals surface area (Å²) in [6.07, 6.45) is 1.18. The Kier molecular flexibility index (Phi) is 5.60. The molecule has 0 fully saturated rings. The van der Waals surface area contributed by atoms with Crippen molar-refractivity contribution < 1.29 is 13.7 Å². The highest BCUT2D eigenvalue weighted by atomic mass is 19.1. The molecule has 0 saturated carbocycles. The van der Waals surface area contributed by atoms with Gasteiger partial charge >= 0.3 is 0 Å². The van der Waals surface area contributed by atoms with Gasteiger partial charge in [-0.1, -0.05) is 17.3 Å². The van der Waals surface area contributed by atoms with Crippen LogP contribution in [0.15, 0.2) is 28.8 Å². The molecule has 1 aromatic heterocycles. The van der Waals surface area contributed by atoms with Crippen LogP contribution in [-0.2, 0) is 4.79 Å². The van der Waals surface area contributed by atoms with Crippen molar-refractivity contribution in [3.05, 3.63) is 36.0 Å². The number of benzene rings is 1. The first-order valence-electron chi connectivity index (χ1n) is 7.13. The van der Waals surface area contributed by atoms with Gasteiger partial charge in [-0.2, -0.15) is 4.98 Å². The van der Waals surface area contributed by atoms with E-state index in [4.69, 9.17) is 4.52 Å². The minimum absolute atomic E-state index is 0.0757. The van der Waals surface area contributed by atoms with Crippen LogP contribution >= 0.6 is 0 Å². The average molecular weight is 306 g/mol. The summed E-state index contributed by atoms with van der Waals surface area (Å²) in [4.78, 5) is 15.9. The number of carbonyl (C=O) groups excluding carboxylic acids is 1. The lowest BCUT2D eigenvalue weighted by Gasteiger charge is -2.09. The Morgan fingerprint density at radius 1 is 1.45 bits per heavy atom. The van der Waals surface area contributed by atoms with Crippen molar-refractivity contribution in [1.29, 1.82) is 0 Å². The zero-order chi connectivity index (χ0) is 15.9. The molecule has 0 spiro atoms. The number of aromatic nitrogens is 2. The van der Waals surface area contributed by atoms with Gasteiger partial charge in [0.05, 0.1) is 0 Å². The Morgan fingerprint density at radius 3 is 3.00 bits per heavy atom.